The Bertz CT molecular complexity index is 627. The van der Waals surface area contributed by atoms with Crippen molar-refractivity contribution in [2.24, 2.45) is 0 Å². The molecule has 4 nitrogen and oxygen atoms in total. The van der Waals surface area contributed by atoms with Crippen molar-refractivity contribution in [1.29, 1.82) is 0 Å². The molecule has 0 aliphatic carbocycles. The fourth-order valence-electron chi connectivity index (χ4n) is 2.28. The van der Waals surface area contributed by atoms with Gasteiger partial charge in [-0.25, -0.2) is 0 Å². The topological polar surface area (TPSA) is 42.4 Å². The summed E-state index contributed by atoms with van der Waals surface area (Å²) >= 11 is 1.59. The first-order valence-electron chi connectivity index (χ1n) is 6.77. The Morgan fingerprint density at radius 1 is 1.29 bits per heavy atom. The Hall–Kier alpha value is -2.01. The van der Waals surface area contributed by atoms with E-state index in [-0.39, 0.29) is 12.0 Å². The van der Waals surface area contributed by atoms with Gasteiger partial charge in [-0.3, -0.25) is 9.78 Å². The van der Waals surface area contributed by atoms with E-state index < -0.39 is 0 Å². The molecule has 0 bridgehead atoms. The summed E-state index contributed by atoms with van der Waals surface area (Å²) in [6.45, 7) is 1.24. The van der Waals surface area contributed by atoms with Crippen LogP contribution in [-0.2, 0) is 0 Å². The lowest BCUT2D eigenvalue weighted by Crippen LogP contribution is -2.56. The van der Waals surface area contributed by atoms with Crippen LogP contribution >= 0.6 is 11.8 Å². The van der Waals surface area contributed by atoms with Crippen LogP contribution in [-0.4, -0.2) is 41.2 Å². The average Bonchev–Trinajstić information content (AvgIpc) is 2.51. The van der Waals surface area contributed by atoms with Gasteiger partial charge in [0.2, 0.25) is 0 Å². The van der Waals surface area contributed by atoms with Crippen molar-refractivity contribution in [2.75, 3.05) is 19.3 Å². The molecule has 0 atom stereocenters. The quantitative estimate of drug-likeness (QED) is 0.814. The Morgan fingerprint density at radius 3 is 2.81 bits per heavy atom. The molecule has 0 N–H and O–H groups in total. The van der Waals surface area contributed by atoms with Crippen LogP contribution in [0.25, 0.3) is 0 Å². The van der Waals surface area contributed by atoms with Crippen LogP contribution in [0, 0.1) is 0 Å². The molecule has 1 aromatic heterocycles. The maximum atomic E-state index is 12.4. The van der Waals surface area contributed by atoms with Gasteiger partial charge in [-0.15, -0.1) is 11.8 Å². The van der Waals surface area contributed by atoms with Crippen LogP contribution in [0.4, 0.5) is 0 Å². The van der Waals surface area contributed by atoms with E-state index in [1.807, 2.05) is 47.6 Å². The Kier molecular flexibility index (Phi) is 4.10. The number of rotatable bonds is 4. The molecule has 0 radical (unpaired) electrons. The smallest absolute Gasteiger partial charge is 0.255 e. The van der Waals surface area contributed by atoms with E-state index in [4.69, 9.17) is 4.74 Å². The van der Waals surface area contributed by atoms with Crippen molar-refractivity contribution in [2.45, 2.75) is 11.0 Å². The van der Waals surface area contributed by atoms with Gasteiger partial charge in [0.15, 0.2) is 0 Å². The van der Waals surface area contributed by atoms with Gasteiger partial charge in [0, 0.05) is 11.1 Å². The zero-order chi connectivity index (χ0) is 14.7. The first-order chi connectivity index (χ1) is 10.3. The molecule has 1 saturated heterocycles. The van der Waals surface area contributed by atoms with Gasteiger partial charge in [-0.05, 0) is 30.5 Å². The van der Waals surface area contributed by atoms with Gasteiger partial charge in [0.25, 0.3) is 5.91 Å². The molecule has 1 aliphatic heterocycles. The molecule has 5 heteroatoms. The maximum absolute atomic E-state index is 12.4. The minimum Gasteiger partial charge on any atom is -0.485 e. The highest BCUT2D eigenvalue weighted by molar-refractivity contribution is 7.98. The highest BCUT2D eigenvalue weighted by Crippen LogP contribution is 2.24. The third-order valence-electron chi connectivity index (χ3n) is 3.41. The summed E-state index contributed by atoms with van der Waals surface area (Å²) < 4.78 is 5.76. The molecule has 0 spiro atoms. The molecule has 2 heterocycles. The minimum atomic E-state index is 0.0552. The summed E-state index contributed by atoms with van der Waals surface area (Å²) in [4.78, 5) is 19.3. The van der Waals surface area contributed by atoms with Crippen molar-refractivity contribution in [1.82, 2.24) is 9.88 Å². The predicted octanol–water partition coefficient (Wildman–Crippen LogP) is 2.71. The van der Waals surface area contributed by atoms with Gasteiger partial charge in [0.05, 0.1) is 24.8 Å². The molecule has 1 aromatic carbocycles. The highest BCUT2D eigenvalue weighted by Gasteiger charge is 2.33. The summed E-state index contributed by atoms with van der Waals surface area (Å²) in [5, 5.41) is 0. The molecule has 1 amide bonds. The van der Waals surface area contributed by atoms with E-state index >= 15 is 0 Å². The molecule has 2 aromatic rings. The second kappa shape index (κ2) is 6.18. The normalized spacial score (nSPS) is 14.6. The number of carbonyl (C=O) groups is 1. The van der Waals surface area contributed by atoms with E-state index in [9.17, 15) is 4.79 Å². The lowest BCUT2D eigenvalue weighted by molar-refractivity contribution is 0.0174. The third-order valence-corrected chi connectivity index (χ3v) is 4.21. The number of hydrogen-bond donors (Lipinski definition) is 0. The van der Waals surface area contributed by atoms with Crippen molar-refractivity contribution >= 4 is 17.7 Å². The monoisotopic (exact) mass is 300 g/mol. The lowest BCUT2D eigenvalue weighted by atomic mass is 10.1. The number of ether oxygens (including phenoxy) is 1. The number of aromatic nitrogens is 1. The molecule has 108 valence electrons. The molecule has 21 heavy (non-hydrogen) atoms. The maximum Gasteiger partial charge on any atom is 0.255 e. The van der Waals surface area contributed by atoms with Crippen LogP contribution in [0.1, 0.15) is 10.4 Å². The summed E-state index contributed by atoms with van der Waals surface area (Å²) in [5.41, 5.74) is 0.768. The summed E-state index contributed by atoms with van der Waals surface area (Å²) in [7, 11) is 0. The first-order valence-corrected chi connectivity index (χ1v) is 7.99. The fraction of sp³-hybridized carbons (Fsp3) is 0.250. The summed E-state index contributed by atoms with van der Waals surface area (Å²) in [6.07, 6.45) is 5.44. The number of pyridine rings is 1. The van der Waals surface area contributed by atoms with Crippen LogP contribution in [0.2, 0.25) is 0 Å². The number of thioether (sulfide) groups is 1. The minimum absolute atomic E-state index is 0.0552. The van der Waals surface area contributed by atoms with Crippen LogP contribution < -0.4 is 4.74 Å². The van der Waals surface area contributed by atoms with Crippen molar-refractivity contribution < 1.29 is 9.53 Å². The van der Waals surface area contributed by atoms with Crippen molar-refractivity contribution in [3.05, 3.63) is 54.4 Å². The number of nitrogens with zero attached hydrogens (tertiary/aromatic N) is 2. The molecule has 3 rings (SSSR count). The molecule has 1 aliphatic rings. The Morgan fingerprint density at radius 2 is 2.10 bits per heavy atom. The van der Waals surface area contributed by atoms with E-state index in [1.165, 1.54) is 0 Å². The van der Waals surface area contributed by atoms with Gasteiger partial charge in [0.1, 0.15) is 11.9 Å². The van der Waals surface area contributed by atoms with Gasteiger partial charge < -0.3 is 9.64 Å². The molecule has 0 unspecified atom stereocenters. The number of benzene rings is 1. The average molecular weight is 300 g/mol. The lowest BCUT2D eigenvalue weighted by Gasteiger charge is -2.39. The number of carbonyl (C=O) groups excluding carboxylic acids is 1. The standard InChI is InChI=1S/C16H16N2O2S/c1-21-15-7-3-2-6-14(15)16(19)18-10-13(11-18)20-12-5-4-8-17-9-12/h2-9,13H,10-11H2,1H3. The molecular weight excluding hydrogens is 284 g/mol. The van der Waals surface area contributed by atoms with Gasteiger partial charge in [-0.1, -0.05) is 12.1 Å². The first kappa shape index (κ1) is 13.9. The molecule has 0 saturated carbocycles. The highest BCUT2D eigenvalue weighted by atomic mass is 32.2. The SMILES string of the molecule is CSc1ccccc1C(=O)N1CC(Oc2cccnc2)C1. The second-order valence-electron chi connectivity index (χ2n) is 4.84. The van der Waals surface area contributed by atoms with E-state index in [1.54, 1.807) is 24.2 Å². The molecular formula is C16H16N2O2S. The largest absolute Gasteiger partial charge is 0.485 e. The van der Waals surface area contributed by atoms with Crippen molar-refractivity contribution in [3.63, 3.8) is 0 Å². The number of hydrogen-bond acceptors (Lipinski definition) is 4. The van der Waals surface area contributed by atoms with Gasteiger partial charge in [-0.2, -0.15) is 0 Å². The van der Waals surface area contributed by atoms with E-state index in [2.05, 4.69) is 4.98 Å². The van der Waals surface area contributed by atoms with Crippen molar-refractivity contribution in [3.8, 4) is 5.75 Å². The third kappa shape index (κ3) is 3.03. The summed E-state index contributed by atoms with van der Waals surface area (Å²) in [5.74, 6) is 0.824. The second-order valence-corrected chi connectivity index (χ2v) is 5.69. The summed E-state index contributed by atoms with van der Waals surface area (Å²) in [6, 6.07) is 11.4. The zero-order valence-electron chi connectivity index (χ0n) is 11.7. The molecule has 1 fully saturated rings. The number of amides is 1. The van der Waals surface area contributed by atoms with Crippen LogP contribution in [0.15, 0.2) is 53.7 Å². The van der Waals surface area contributed by atoms with Gasteiger partial charge >= 0.3 is 0 Å². The predicted molar refractivity (Wildman–Crippen MR) is 82.8 cm³/mol. The van der Waals surface area contributed by atoms with Crippen LogP contribution in [0.3, 0.4) is 0 Å². The van der Waals surface area contributed by atoms with Crippen LogP contribution in [0.5, 0.6) is 5.75 Å². The number of likely N-dealkylation sites (tertiary alicyclic amines) is 1. The van der Waals surface area contributed by atoms with E-state index in [0.29, 0.717) is 13.1 Å². The van der Waals surface area contributed by atoms with E-state index in [0.717, 1.165) is 16.2 Å². The zero-order valence-corrected chi connectivity index (χ0v) is 12.5. The Labute approximate surface area is 128 Å². The fourth-order valence-corrected chi connectivity index (χ4v) is 2.87. The Balaban J connectivity index is 1.60.